The Hall–Kier alpha value is -4.12. The Morgan fingerprint density at radius 1 is 1.05 bits per heavy atom. The lowest BCUT2D eigenvalue weighted by Crippen LogP contribution is -2.64. The normalized spacial score (nSPS) is 21.4. The van der Waals surface area contributed by atoms with Gasteiger partial charge in [0.1, 0.15) is 6.04 Å². The summed E-state index contributed by atoms with van der Waals surface area (Å²) >= 11 is 0. The number of hydrogen-bond donors (Lipinski definition) is 0. The Kier molecular flexibility index (Phi) is 7.89. The number of amides is 1. The Labute approximate surface area is 244 Å². The molecule has 0 spiro atoms. The number of alkyl halides is 5. The van der Waals surface area contributed by atoms with Crippen molar-refractivity contribution < 1.29 is 26.7 Å². The van der Waals surface area contributed by atoms with Crippen LogP contribution < -0.4 is 10.6 Å². The number of fused-ring (bicyclic) bond motifs is 1. The van der Waals surface area contributed by atoms with Crippen molar-refractivity contribution in [3.05, 3.63) is 69.4 Å². The molecular weight excluding hydrogens is 573 g/mol. The van der Waals surface area contributed by atoms with Gasteiger partial charge < -0.3 is 14.6 Å². The molecule has 3 atom stereocenters. The van der Waals surface area contributed by atoms with Gasteiger partial charge in [0.2, 0.25) is 11.4 Å². The Bertz CT molecular complexity index is 1630. The molecule has 0 N–H and O–H groups in total. The molecule has 3 aromatic rings. The molecule has 2 saturated heterocycles. The molecule has 1 aromatic carbocycles. The molecule has 43 heavy (non-hydrogen) atoms. The number of carbonyl (C=O) groups excluding carboxylic acids is 1. The summed E-state index contributed by atoms with van der Waals surface area (Å²) in [5, 5.41) is 0. The lowest BCUT2D eigenvalue weighted by atomic mass is 9.93. The summed E-state index contributed by atoms with van der Waals surface area (Å²) in [5.41, 5.74) is -0.256. The number of carbonyl (C=O) groups is 1. The summed E-state index contributed by atoms with van der Waals surface area (Å²) in [6, 6.07) is 5.61. The zero-order valence-electron chi connectivity index (χ0n) is 23.8. The standard InChI is InChI=1S/C29H30F5N7O2/c1-5-19-14-41(25-23-21(38(4)27(43)37-25)11-12-22(35-3)36-23)20(6-2)13-40(19)24(26(42)39-15-28(30,31)16-39)17-7-9-18(10-8-17)29(32,33)34/h7-12,19-20,24H,5-6,13-16H2,1-2,4H3/t19-,20+,24?/m1/s1. The molecule has 9 nitrogen and oxygen atoms in total. The molecule has 1 amide bonds. The topological polar surface area (TPSA) is 78.9 Å². The Morgan fingerprint density at radius 2 is 1.70 bits per heavy atom. The van der Waals surface area contributed by atoms with Crippen LogP contribution in [0, 0.1) is 6.57 Å². The summed E-state index contributed by atoms with van der Waals surface area (Å²) in [5.74, 6) is -3.19. The van der Waals surface area contributed by atoms with E-state index in [4.69, 9.17) is 6.57 Å². The minimum absolute atomic E-state index is 0.132. The molecule has 0 aliphatic carbocycles. The maximum atomic E-state index is 13.8. The molecule has 1 unspecified atom stereocenters. The van der Waals surface area contributed by atoms with Gasteiger partial charge in [-0.3, -0.25) is 14.3 Å². The highest BCUT2D eigenvalue weighted by Crippen LogP contribution is 2.38. The van der Waals surface area contributed by atoms with Crippen molar-refractivity contribution >= 4 is 28.6 Å². The van der Waals surface area contributed by atoms with E-state index in [1.165, 1.54) is 22.8 Å². The first-order chi connectivity index (χ1) is 20.3. The Balaban J connectivity index is 1.56. The van der Waals surface area contributed by atoms with Crippen LogP contribution in [0.2, 0.25) is 0 Å². The van der Waals surface area contributed by atoms with Crippen molar-refractivity contribution in [3.8, 4) is 0 Å². The summed E-state index contributed by atoms with van der Waals surface area (Å²) in [6.45, 7) is 10.2. The minimum Gasteiger partial charge on any atom is -0.361 e. The first-order valence-electron chi connectivity index (χ1n) is 13.9. The molecule has 0 bridgehead atoms. The maximum Gasteiger partial charge on any atom is 0.416 e. The number of anilines is 1. The molecule has 0 saturated carbocycles. The predicted octanol–water partition coefficient (Wildman–Crippen LogP) is 4.80. The average molecular weight is 604 g/mol. The number of aromatic nitrogens is 3. The monoisotopic (exact) mass is 603 g/mol. The molecule has 2 aliphatic heterocycles. The molecule has 2 aliphatic rings. The summed E-state index contributed by atoms with van der Waals surface area (Å²) in [6.07, 6.45) is -3.55. The third kappa shape index (κ3) is 5.65. The Morgan fingerprint density at radius 3 is 2.26 bits per heavy atom. The third-order valence-electron chi connectivity index (χ3n) is 8.26. The summed E-state index contributed by atoms with van der Waals surface area (Å²) in [7, 11) is 1.56. The van der Waals surface area contributed by atoms with Gasteiger partial charge in [0, 0.05) is 32.2 Å². The molecule has 14 heteroatoms. The number of benzene rings is 1. The van der Waals surface area contributed by atoms with Crippen LogP contribution in [0.15, 0.2) is 41.2 Å². The van der Waals surface area contributed by atoms with Crippen LogP contribution in [-0.2, 0) is 18.0 Å². The van der Waals surface area contributed by atoms with E-state index < -0.39 is 48.4 Å². The van der Waals surface area contributed by atoms with Gasteiger partial charge >= 0.3 is 11.9 Å². The van der Waals surface area contributed by atoms with Crippen LogP contribution in [0.3, 0.4) is 0 Å². The zero-order valence-corrected chi connectivity index (χ0v) is 23.8. The van der Waals surface area contributed by atoms with Crippen molar-refractivity contribution in [2.45, 2.75) is 56.9 Å². The van der Waals surface area contributed by atoms with Crippen LogP contribution in [0.5, 0.6) is 0 Å². The van der Waals surface area contributed by atoms with E-state index in [1.807, 2.05) is 23.6 Å². The van der Waals surface area contributed by atoms with E-state index in [2.05, 4.69) is 14.8 Å². The van der Waals surface area contributed by atoms with Crippen LogP contribution in [0.1, 0.15) is 43.9 Å². The van der Waals surface area contributed by atoms with Crippen molar-refractivity contribution in [2.24, 2.45) is 7.05 Å². The highest BCUT2D eigenvalue weighted by molar-refractivity contribution is 5.88. The average Bonchev–Trinajstić information content (AvgIpc) is 2.97. The van der Waals surface area contributed by atoms with Crippen molar-refractivity contribution in [3.63, 3.8) is 0 Å². The third-order valence-corrected chi connectivity index (χ3v) is 8.26. The molecule has 2 aromatic heterocycles. The lowest BCUT2D eigenvalue weighted by Gasteiger charge is -2.50. The fraction of sp³-hybridized carbons (Fsp3) is 0.483. The second kappa shape index (κ2) is 11.2. The van der Waals surface area contributed by atoms with E-state index in [-0.39, 0.29) is 36.6 Å². The number of hydrogen-bond acceptors (Lipinski definition) is 6. The minimum atomic E-state index is -4.58. The molecule has 2 fully saturated rings. The van der Waals surface area contributed by atoms with Gasteiger partial charge in [-0.1, -0.05) is 32.6 Å². The van der Waals surface area contributed by atoms with E-state index in [0.29, 0.717) is 29.7 Å². The molecule has 5 rings (SSSR count). The molecular formula is C29H30F5N7O2. The highest BCUT2D eigenvalue weighted by Gasteiger charge is 2.50. The number of nitrogens with zero attached hydrogens (tertiary/aromatic N) is 7. The number of rotatable bonds is 6. The predicted molar refractivity (Wildman–Crippen MR) is 149 cm³/mol. The van der Waals surface area contributed by atoms with Crippen molar-refractivity contribution in [2.75, 3.05) is 31.1 Å². The van der Waals surface area contributed by atoms with Crippen LogP contribution in [0.25, 0.3) is 15.9 Å². The molecule has 4 heterocycles. The maximum absolute atomic E-state index is 13.8. The van der Waals surface area contributed by atoms with Gasteiger partial charge in [0.15, 0.2) is 5.82 Å². The second-order valence-corrected chi connectivity index (χ2v) is 11.0. The number of aryl methyl sites for hydroxylation is 1. The number of pyridine rings is 1. The van der Waals surface area contributed by atoms with Gasteiger partial charge in [0.05, 0.1) is 24.2 Å². The fourth-order valence-corrected chi connectivity index (χ4v) is 5.89. The van der Waals surface area contributed by atoms with Gasteiger partial charge in [-0.25, -0.2) is 13.6 Å². The molecule has 228 valence electrons. The molecule has 0 radical (unpaired) electrons. The summed E-state index contributed by atoms with van der Waals surface area (Å²) < 4.78 is 68.9. The lowest BCUT2D eigenvalue weighted by molar-refractivity contribution is -0.172. The van der Waals surface area contributed by atoms with Gasteiger partial charge in [-0.2, -0.15) is 18.2 Å². The van der Waals surface area contributed by atoms with Gasteiger partial charge in [-0.05, 0) is 42.7 Å². The van der Waals surface area contributed by atoms with E-state index >= 15 is 0 Å². The first kappa shape index (κ1) is 30.3. The van der Waals surface area contributed by atoms with Gasteiger partial charge in [-0.15, -0.1) is 4.98 Å². The largest absolute Gasteiger partial charge is 0.416 e. The van der Waals surface area contributed by atoms with Crippen molar-refractivity contribution in [1.29, 1.82) is 0 Å². The number of likely N-dealkylation sites (tertiary alicyclic amines) is 1. The SMILES string of the molecule is [C-]#[N+]c1ccc2c(n1)c(N1C[C@@H](CC)N(C(C(=O)N3CC(F)(F)C3)c3ccc(C(F)(F)F)cc3)C[C@@H]1CC)nc(=O)n2C. The second-order valence-electron chi connectivity index (χ2n) is 11.0. The highest BCUT2D eigenvalue weighted by atomic mass is 19.4. The van der Waals surface area contributed by atoms with Crippen LogP contribution >= 0.6 is 0 Å². The smallest absolute Gasteiger partial charge is 0.361 e. The quantitative estimate of drug-likeness (QED) is 0.298. The van der Waals surface area contributed by atoms with Gasteiger partial charge in [0.25, 0.3) is 11.7 Å². The number of halogens is 5. The summed E-state index contributed by atoms with van der Waals surface area (Å²) in [4.78, 5) is 43.6. The first-order valence-corrected chi connectivity index (χ1v) is 13.9. The van der Waals surface area contributed by atoms with E-state index in [0.717, 1.165) is 17.0 Å². The van der Waals surface area contributed by atoms with E-state index in [1.54, 1.807) is 13.1 Å². The number of piperazine rings is 1. The van der Waals surface area contributed by atoms with Crippen molar-refractivity contribution in [1.82, 2.24) is 24.3 Å². The zero-order chi connectivity index (χ0) is 31.3. The van der Waals surface area contributed by atoms with Crippen LogP contribution in [-0.4, -0.2) is 74.4 Å². The van der Waals surface area contributed by atoms with E-state index in [9.17, 15) is 31.5 Å². The van der Waals surface area contributed by atoms with Crippen LogP contribution in [0.4, 0.5) is 33.6 Å². The fourth-order valence-electron chi connectivity index (χ4n) is 5.89.